The zero-order chi connectivity index (χ0) is 30.2. The van der Waals surface area contributed by atoms with Crippen LogP contribution in [0.4, 0.5) is 0 Å². The van der Waals surface area contributed by atoms with Crippen molar-refractivity contribution in [2.45, 2.75) is 57.5 Å². The number of aromatic hydroxyl groups is 1. The zero-order valence-electron chi connectivity index (χ0n) is 23.4. The molecule has 0 fully saturated rings. The maximum atomic E-state index is 13.0. The van der Waals surface area contributed by atoms with E-state index in [1.165, 1.54) is 12.1 Å². The van der Waals surface area contributed by atoms with Gasteiger partial charge in [-0.05, 0) is 67.8 Å². The van der Waals surface area contributed by atoms with Crippen LogP contribution in [0.1, 0.15) is 66.6 Å². The van der Waals surface area contributed by atoms with Crippen molar-refractivity contribution in [2.24, 2.45) is 4.99 Å². The SMILES string of the molecule is CCOC(=O)C[C@H](CC(=O)CNC(=O)c1cc(O)cc(CC2=NCC(O)CN2)c1)c1cc(Br)cc(C(C)(C)C#N)c1. The Morgan fingerprint density at radius 2 is 1.98 bits per heavy atom. The number of nitrogens with one attached hydrogen (secondary N) is 2. The second-order valence-electron chi connectivity index (χ2n) is 10.5. The molecule has 0 saturated heterocycles. The molecular weight excluding hydrogens is 592 g/mol. The highest BCUT2D eigenvalue weighted by molar-refractivity contribution is 9.10. The van der Waals surface area contributed by atoms with Crippen molar-refractivity contribution in [1.29, 1.82) is 5.26 Å². The molecule has 0 saturated carbocycles. The third kappa shape index (κ3) is 9.40. The van der Waals surface area contributed by atoms with Crippen molar-refractivity contribution in [3.05, 3.63) is 63.1 Å². The van der Waals surface area contributed by atoms with Crippen LogP contribution in [0.3, 0.4) is 0 Å². The number of hydrogen-bond donors (Lipinski definition) is 4. The van der Waals surface area contributed by atoms with Crippen LogP contribution in [0, 0.1) is 11.3 Å². The fraction of sp³-hybridized carbons (Fsp3) is 0.433. The van der Waals surface area contributed by atoms with E-state index in [4.69, 9.17) is 4.74 Å². The summed E-state index contributed by atoms with van der Waals surface area (Å²) >= 11 is 3.48. The fourth-order valence-corrected chi connectivity index (χ4v) is 4.93. The lowest BCUT2D eigenvalue weighted by atomic mass is 9.82. The molecule has 1 aliphatic rings. The van der Waals surface area contributed by atoms with E-state index >= 15 is 0 Å². The van der Waals surface area contributed by atoms with Crippen LogP contribution < -0.4 is 10.6 Å². The van der Waals surface area contributed by atoms with Crippen LogP contribution in [0.15, 0.2) is 45.9 Å². The van der Waals surface area contributed by atoms with Crippen LogP contribution in [-0.2, 0) is 26.2 Å². The first-order valence-corrected chi connectivity index (χ1v) is 14.2. The van der Waals surface area contributed by atoms with Crippen molar-refractivity contribution in [1.82, 2.24) is 10.6 Å². The molecule has 0 radical (unpaired) electrons. The van der Waals surface area contributed by atoms with E-state index < -0.39 is 29.3 Å². The Labute approximate surface area is 247 Å². The van der Waals surface area contributed by atoms with Gasteiger partial charge in [-0.3, -0.25) is 19.4 Å². The van der Waals surface area contributed by atoms with Crippen LogP contribution in [-0.4, -0.2) is 66.1 Å². The minimum atomic E-state index is -0.786. The quantitative estimate of drug-likeness (QED) is 0.261. The molecule has 2 atom stereocenters. The van der Waals surface area contributed by atoms with Gasteiger partial charge in [0.25, 0.3) is 5.91 Å². The molecule has 0 spiro atoms. The Hall–Kier alpha value is -3.75. The molecule has 0 bridgehead atoms. The Morgan fingerprint density at radius 3 is 2.63 bits per heavy atom. The normalized spacial score (nSPS) is 15.6. The van der Waals surface area contributed by atoms with Gasteiger partial charge in [0, 0.05) is 35.3 Å². The summed E-state index contributed by atoms with van der Waals surface area (Å²) in [5.41, 5.74) is 1.48. The molecule has 218 valence electrons. The number of halogens is 1. The van der Waals surface area contributed by atoms with Gasteiger partial charge in [-0.15, -0.1) is 0 Å². The van der Waals surface area contributed by atoms with E-state index in [9.17, 15) is 29.9 Å². The number of phenolic OH excluding ortho intramolecular Hbond substituents is 1. The molecule has 2 aromatic rings. The molecule has 1 amide bonds. The Kier molecular flexibility index (Phi) is 11.0. The van der Waals surface area contributed by atoms with Gasteiger partial charge in [0.1, 0.15) is 11.6 Å². The maximum Gasteiger partial charge on any atom is 0.306 e. The van der Waals surface area contributed by atoms with E-state index in [1.807, 2.05) is 18.2 Å². The van der Waals surface area contributed by atoms with Crippen molar-refractivity contribution < 1.29 is 29.3 Å². The summed E-state index contributed by atoms with van der Waals surface area (Å²) in [7, 11) is 0. The highest BCUT2D eigenvalue weighted by Crippen LogP contribution is 2.33. The van der Waals surface area contributed by atoms with Gasteiger partial charge in [-0.2, -0.15) is 5.26 Å². The summed E-state index contributed by atoms with van der Waals surface area (Å²) in [6, 6.07) is 12.2. The second kappa shape index (κ2) is 14.2. The first-order valence-electron chi connectivity index (χ1n) is 13.4. The summed E-state index contributed by atoms with van der Waals surface area (Å²) < 4.78 is 5.85. The molecule has 0 aromatic heterocycles. The number of aliphatic hydroxyl groups is 1. The molecule has 0 aliphatic carbocycles. The first kappa shape index (κ1) is 31.8. The number of hydrogen-bond acceptors (Lipinski definition) is 9. The van der Waals surface area contributed by atoms with E-state index in [-0.39, 0.29) is 49.6 Å². The number of esters is 1. The predicted molar refractivity (Wildman–Crippen MR) is 157 cm³/mol. The summed E-state index contributed by atoms with van der Waals surface area (Å²) in [6.45, 7) is 5.87. The number of amidine groups is 1. The van der Waals surface area contributed by atoms with Crippen LogP contribution in [0.5, 0.6) is 5.75 Å². The highest BCUT2D eigenvalue weighted by Gasteiger charge is 2.26. The van der Waals surface area contributed by atoms with E-state index in [1.54, 1.807) is 26.8 Å². The topological polar surface area (TPSA) is 161 Å². The van der Waals surface area contributed by atoms with Crippen LogP contribution >= 0.6 is 15.9 Å². The number of phenols is 1. The third-order valence-electron chi connectivity index (χ3n) is 6.68. The monoisotopic (exact) mass is 626 g/mol. The van der Waals surface area contributed by atoms with Crippen LogP contribution in [0.2, 0.25) is 0 Å². The number of Topliss-reactive ketones (excluding diaryl/α,β-unsaturated/α-hetero) is 1. The summed E-state index contributed by atoms with van der Waals surface area (Å²) in [5, 5.41) is 35.0. The molecule has 11 heteroatoms. The van der Waals surface area contributed by atoms with E-state index in [0.717, 1.165) is 5.56 Å². The maximum absolute atomic E-state index is 13.0. The van der Waals surface area contributed by atoms with Crippen LogP contribution in [0.25, 0.3) is 0 Å². The fourth-order valence-electron chi connectivity index (χ4n) is 4.42. The smallest absolute Gasteiger partial charge is 0.306 e. The lowest BCUT2D eigenvalue weighted by molar-refractivity contribution is -0.143. The average Bonchev–Trinajstić information content (AvgIpc) is 2.92. The van der Waals surface area contributed by atoms with Crippen molar-refractivity contribution in [2.75, 3.05) is 26.2 Å². The molecule has 3 rings (SSSR count). The van der Waals surface area contributed by atoms with Gasteiger partial charge in [0.2, 0.25) is 0 Å². The number of rotatable bonds is 12. The third-order valence-corrected chi connectivity index (χ3v) is 7.14. The van der Waals surface area contributed by atoms with Gasteiger partial charge in [0.05, 0.1) is 43.7 Å². The number of ketones is 1. The predicted octanol–water partition coefficient (Wildman–Crippen LogP) is 3.29. The van der Waals surface area contributed by atoms with Gasteiger partial charge in [-0.1, -0.05) is 22.0 Å². The Morgan fingerprint density at radius 1 is 1.22 bits per heavy atom. The van der Waals surface area contributed by atoms with Gasteiger partial charge in [0.15, 0.2) is 5.78 Å². The van der Waals surface area contributed by atoms with E-state index in [0.29, 0.717) is 34.4 Å². The van der Waals surface area contributed by atoms with Crippen molar-refractivity contribution >= 4 is 39.4 Å². The van der Waals surface area contributed by atoms with Crippen molar-refractivity contribution in [3.8, 4) is 11.8 Å². The minimum Gasteiger partial charge on any atom is -0.508 e. The first-order chi connectivity index (χ1) is 19.4. The molecule has 4 N–H and O–H groups in total. The standard InChI is InChI=1S/C30H35BrN4O6/c1-4-41-28(39)12-20(19-8-22(13-23(31)9-19)30(2,3)17-32)10-25(37)14-35-29(40)21-5-18(6-24(36)11-21)7-27-33-15-26(38)16-34-27/h5-6,8-9,11,13,20,26,36,38H,4,7,10,12,14-16H2,1-3H3,(H,33,34)(H,35,40)/t20-/m0/s1. The number of amides is 1. The summed E-state index contributed by atoms with van der Waals surface area (Å²) in [6.07, 6.45) is -0.285. The number of carbonyl (C=O) groups is 3. The van der Waals surface area contributed by atoms with Crippen molar-refractivity contribution in [3.63, 3.8) is 0 Å². The lowest BCUT2D eigenvalue weighted by Crippen LogP contribution is -2.39. The molecule has 2 aromatic carbocycles. The van der Waals surface area contributed by atoms with Gasteiger partial charge >= 0.3 is 5.97 Å². The number of aliphatic imine (C=N–C) groups is 1. The number of nitriles is 1. The number of benzene rings is 2. The van der Waals surface area contributed by atoms with Gasteiger partial charge < -0.3 is 25.6 Å². The largest absolute Gasteiger partial charge is 0.508 e. The Balaban J connectivity index is 1.71. The zero-order valence-corrected chi connectivity index (χ0v) is 25.0. The molecule has 10 nitrogen and oxygen atoms in total. The molecular formula is C30H35BrN4O6. The molecule has 41 heavy (non-hydrogen) atoms. The summed E-state index contributed by atoms with van der Waals surface area (Å²) in [4.78, 5) is 42.5. The average molecular weight is 628 g/mol. The second-order valence-corrected chi connectivity index (χ2v) is 11.4. The number of ether oxygens (including phenoxy) is 1. The molecule has 1 aliphatic heterocycles. The number of nitrogens with zero attached hydrogens (tertiary/aromatic N) is 2. The highest BCUT2D eigenvalue weighted by atomic mass is 79.9. The number of aliphatic hydroxyl groups excluding tert-OH is 1. The van der Waals surface area contributed by atoms with Gasteiger partial charge in [-0.25, -0.2) is 0 Å². The molecule has 1 unspecified atom stereocenters. The number of carbonyl (C=O) groups excluding carboxylic acids is 3. The lowest BCUT2D eigenvalue weighted by Gasteiger charge is -2.21. The Bertz CT molecular complexity index is 1370. The van der Waals surface area contributed by atoms with E-state index in [2.05, 4.69) is 37.6 Å². The minimum absolute atomic E-state index is 0.0371. The number of β-amino-alcohol motifs (C(OH)–C–C–N with tert-alkyl or cyclic N) is 1. The molecule has 1 heterocycles. The summed E-state index contributed by atoms with van der Waals surface area (Å²) in [5.74, 6) is -1.27.